The molecule has 0 atom stereocenters. The van der Waals surface area contributed by atoms with Crippen molar-refractivity contribution in [2.24, 2.45) is 0 Å². The molecule has 2 N–H and O–H groups in total. The van der Waals surface area contributed by atoms with Crippen LogP contribution in [-0.2, 0) is 6.54 Å². The van der Waals surface area contributed by atoms with Crippen molar-refractivity contribution in [2.45, 2.75) is 26.3 Å². The van der Waals surface area contributed by atoms with Gasteiger partial charge in [0.1, 0.15) is 11.3 Å². The molecule has 2 aromatic carbocycles. The largest absolute Gasteiger partial charge is 0.378 e. The molecule has 0 saturated carbocycles. The summed E-state index contributed by atoms with van der Waals surface area (Å²) in [4.78, 5) is 14.9. The van der Waals surface area contributed by atoms with Gasteiger partial charge in [0, 0.05) is 38.1 Å². The maximum atomic E-state index is 4.85. The molecule has 0 fully saturated rings. The Hall–Kier alpha value is -3.34. The van der Waals surface area contributed by atoms with E-state index in [4.69, 9.17) is 4.98 Å². The number of aromatic amines is 1. The molecule has 0 amide bonds. The van der Waals surface area contributed by atoms with Gasteiger partial charge < -0.3 is 15.2 Å². The molecule has 0 radical (unpaired) electrons. The second-order valence-corrected chi connectivity index (χ2v) is 7.84. The summed E-state index contributed by atoms with van der Waals surface area (Å²) in [7, 11) is 4.10. The lowest BCUT2D eigenvalue weighted by Gasteiger charge is -2.14. The molecular formula is C24H27N5. The summed E-state index contributed by atoms with van der Waals surface area (Å²) in [5, 5.41) is 3.45. The number of imidazole rings is 1. The molecule has 0 bridgehead atoms. The van der Waals surface area contributed by atoms with Crippen molar-refractivity contribution < 1.29 is 0 Å². The fourth-order valence-corrected chi connectivity index (χ4v) is 3.38. The lowest BCUT2D eigenvalue weighted by atomic mass is 10.0. The summed E-state index contributed by atoms with van der Waals surface area (Å²) in [6.45, 7) is 5.10. The highest BCUT2D eigenvalue weighted by Gasteiger charge is 2.11. The van der Waals surface area contributed by atoms with Crippen LogP contribution >= 0.6 is 0 Å². The zero-order valence-electron chi connectivity index (χ0n) is 17.4. The molecule has 0 aliphatic heterocycles. The normalized spacial score (nSPS) is 11.2. The van der Waals surface area contributed by atoms with Crippen molar-refractivity contribution in [3.8, 4) is 11.4 Å². The van der Waals surface area contributed by atoms with Gasteiger partial charge in [0.2, 0.25) is 0 Å². The van der Waals surface area contributed by atoms with Gasteiger partial charge in [-0.05, 0) is 41.3 Å². The van der Waals surface area contributed by atoms with Crippen LogP contribution in [0.1, 0.15) is 30.9 Å². The predicted octanol–water partition coefficient (Wildman–Crippen LogP) is 5.43. The maximum absolute atomic E-state index is 4.85. The number of H-pyrrole nitrogens is 1. The van der Waals surface area contributed by atoms with Gasteiger partial charge in [-0.25, -0.2) is 9.97 Å². The summed E-state index contributed by atoms with van der Waals surface area (Å²) in [6.07, 6.45) is 1.81. The SMILES string of the molecule is CC(C)c1cccc(-c2nc3c(NCc4cccc(N(C)C)c4)nccc3[nH]2)c1. The number of aromatic nitrogens is 3. The number of nitrogens with one attached hydrogen (secondary N) is 2. The summed E-state index contributed by atoms with van der Waals surface area (Å²) in [5.41, 5.74) is 6.63. The summed E-state index contributed by atoms with van der Waals surface area (Å²) in [5.74, 6) is 2.14. The number of hydrogen-bond acceptors (Lipinski definition) is 4. The second-order valence-electron chi connectivity index (χ2n) is 7.84. The number of nitrogens with zero attached hydrogens (tertiary/aromatic N) is 3. The topological polar surface area (TPSA) is 56.8 Å². The minimum Gasteiger partial charge on any atom is -0.378 e. The van der Waals surface area contributed by atoms with Crippen LogP contribution in [0.4, 0.5) is 11.5 Å². The van der Waals surface area contributed by atoms with Gasteiger partial charge in [-0.15, -0.1) is 0 Å². The van der Waals surface area contributed by atoms with E-state index < -0.39 is 0 Å². The third-order valence-electron chi connectivity index (χ3n) is 5.11. The third kappa shape index (κ3) is 4.09. The van der Waals surface area contributed by atoms with Gasteiger partial charge in [-0.2, -0.15) is 0 Å². The van der Waals surface area contributed by atoms with E-state index in [2.05, 4.69) is 82.6 Å². The number of hydrogen-bond donors (Lipinski definition) is 2. The Bertz CT molecular complexity index is 1130. The molecule has 5 nitrogen and oxygen atoms in total. The number of pyridine rings is 1. The first kappa shape index (κ1) is 19.0. The van der Waals surface area contributed by atoms with Crippen LogP contribution in [0.2, 0.25) is 0 Å². The van der Waals surface area contributed by atoms with Crippen molar-refractivity contribution in [1.82, 2.24) is 15.0 Å². The van der Waals surface area contributed by atoms with E-state index in [1.807, 2.05) is 26.4 Å². The Morgan fingerprint density at radius 1 is 1.03 bits per heavy atom. The second kappa shape index (κ2) is 7.95. The smallest absolute Gasteiger partial charge is 0.154 e. The first-order valence-corrected chi connectivity index (χ1v) is 9.96. The van der Waals surface area contributed by atoms with Crippen LogP contribution in [0.25, 0.3) is 22.4 Å². The lowest BCUT2D eigenvalue weighted by molar-refractivity contribution is 0.867. The molecule has 4 rings (SSSR count). The van der Waals surface area contributed by atoms with Gasteiger partial charge in [-0.1, -0.05) is 44.2 Å². The number of benzene rings is 2. The van der Waals surface area contributed by atoms with Crippen molar-refractivity contribution in [3.63, 3.8) is 0 Å². The van der Waals surface area contributed by atoms with Gasteiger partial charge in [0.05, 0.1) is 5.52 Å². The van der Waals surface area contributed by atoms with Crippen LogP contribution in [0.3, 0.4) is 0 Å². The highest BCUT2D eigenvalue weighted by atomic mass is 15.1. The zero-order chi connectivity index (χ0) is 20.4. The average molecular weight is 386 g/mol. The van der Waals surface area contributed by atoms with Gasteiger partial charge >= 0.3 is 0 Å². The molecule has 0 aliphatic carbocycles. The molecule has 4 aromatic rings. The van der Waals surface area contributed by atoms with E-state index in [1.165, 1.54) is 16.8 Å². The Kier molecular flexibility index (Phi) is 5.21. The van der Waals surface area contributed by atoms with E-state index >= 15 is 0 Å². The molecule has 0 spiro atoms. The first-order valence-electron chi connectivity index (χ1n) is 9.96. The van der Waals surface area contributed by atoms with Gasteiger partial charge in [-0.3, -0.25) is 0 Å². The standard InChI is InChI=1S/C24H27N5/c1-16(2)18-8-6-9-19(14-18)23-27-21-11-12-25-24(22(21)28-23)26-15-17-7-5-10-20(13-17)29(3)4/h5-14,16H,15H2,1-4H3,(H,25,26)(H,27,28). The van der Waals surface area contributed by atoms with Crippen LogP contribution in [0.5, 0.6) is 0 Å². The van der Waals surface area contributed by atoms with Gasteiger partial charge in [0.25, 0.3) is 0 Å². The maximum Gasteiger partial charge on any atom is 0.154 e. The number of anilines is 2. The molecule has 0 unspecified atom stereocenters. The molecule has 2 heterocycles. The van der Waals surface area contributed by atoms with E-state index in [1.54, 1.807) is 0 Å². The number of rotatable bonds is 6. The molecule has 29 heavy (non-hydrogen) atoms. The highest BCUT2D eigenvalue weighted by Crippen LogP contribution is 2.27. The third-order valence-corrected chi connectivity index (χ3v) is 5.11. The Morgan fingerprint density at radius 3 is 2.66 bits per heavy atom. The molecular weight excluding hydrogens is 358 g/mol. The molecule has 2 aromatic heterocycles. The lowest BCUT2D eigenvalue weighted by Crippen LogP contribution is -2.09. The highest BCUT2D eigenvalue weighted by molar-refractivity contribution is 5.88. The van der Waals surface area contributed by atoms with E-state index in [9.17, 15) is 0 Å². The minimum atomic E-state index is 0.483. The Labute approximate surface area is 171 Å². The summed E-state index contributed by atoms with van der Waals surface area (Å²) < 4.78 is 0. The van der Waals surface area contributed by atoms with E-state index in [-0.39, 0.29) is 0 Å². The molecule has 5 heteroatoms. The summed E-state index contributed by atoms with van der Waals surface area (Å²) >= 11 is 0. The summed E-state index contributed by atoms with van der Waals surface area (Å²) in [6, 6.07) is 19.0. The van der Waals surface area contributed by atoms with Crippen molar-refractivity contribution >= 4 is 22.5 Å². The average Bonchev–Trinajstić information content (AvgIpc) is 3.17. The van der Waals surface area contributed by atoms with E-state index in [0.29, 0.717) is 12.5 Å². The monoisotopic (exact) mass is 385 g/mol. The fourth-order valence-electron chi connectivity index (χ4n) is 3.38. The molecule has 148 valence electrons. The number of fused-ring (bicyclic) bond motifs is 1. The Morgan fingerprint density at radius 2 is 1.86 bits per heavy atom. The Balaban J connectivity index is 1.61. The van der Waals surface area contributed by atoms with Crippen molar-refractivity contribution in [3.05, 3.63) is 71.9 Å². The van der Waals surface area contributed by atoms with E-state index in [0.717, 1.165) is 28.2 Å². The van der Waals surface area contributed by atoms with Crippen molar-refractivity contribution in [1.29, 1.82) is 0 Å². The predicted molar refractivity (Wildman–Crippen MR) is 122 cm³/mol. The first-order chi connectivity index (χ1) is 14.0. The van der Waals surface area contributed by atoms with Crippen LogP contribution in [0.15, 0.2) is 60.8 Å². The minimum absolute atomic E-state index is 0.483. The quantitative estimate of drug-likeness (QED) is 0.465. The van der Waals surface area contributed by atoms with Crippen LogP contribution in [-0.4, -0.2) is 29.0 Å². The van der Waals surface area contributed by atoms with Crippen LogP contribution < -0.4 is 10.2 Å². The molecule has 0 saturated heterocycles. The molecule has 0 aliphatic rings. The fraction of sp³-hybridized carbons (Fsp3) is 0.250. The zero-order valence-corrected chi connectivity index (χ0v) is 17.4. The van der Waals surface area contributed by atoms with Crippen molar-refractivity contribution in [2.75, 3.05) is 24.3 Å². The van der Waals surface area contributed by atoms with Crippen LogP contribution in [0, 0.1) is 0 Å². The van der Waals surface area contributed by atoms with Gasteiger partial charge in [0.15, 0.2) is 5.82 Å².